The molecule has 0 fully saturated rings. The van der Waals surface area contributed by atoms with Gasteiger partial charge in [0, 0.05) is 6.54 Å². The Morgan fingerprint density at radius 2 is 1.84 bits per heavy atom. The lowest BCUT2D eigenvalue weighted by Gasteiger charge is -2.09. The van der Waals surface area contributed by atoms with E-state index in [1.54, 1.807) is 0 Å². The fourth-order valence-electron chi connectivity index (χ4n) is 2.26. The van der Waals surface area contributed by atoms with Crippen LogP contribution in [0.25, 0.3) is 0 Å². The van der Waals surface area contributed by atoms with Crippen LogP contribution in [0.2, 0.25) is 0 Å². The Balaban J connectivity index is 1.76. The summed E-state index contributed by atoms with van der Waals surface area (Å²) in [5.41, 5.74) is 1.41. The Morgan fingerprint density at radius 3 is 2.52 bits per heavy atom. The van der Waals surface area contributed by atoms with E-state index in [0.717, 1.165) is 18.9 Å². The summed E-state index contributed by atoms with van der Waals surface area (Å²) in [6.45, 7) is 1.59. The average Bonchev–Trinajstić information content (AvgIpc) is 2.60. The van der Waals surface area contributed by atoms with Gasteiger partial charge in [-0.2, -0.15) is 0 Å². The van der Waals surface area contributed by atoms with Crippen molar-refractivity contribution in [1.82, 2.24) is 10.0 Å². The lowest BCUT2D eigenvalue weighted by atomic mass is 10.1. The highest BCUT2D eigenvalue weighted by molar-refractivity contribution is 7.89. The summed E-state index contributed by atoms with van der Waals surface area (Å²) in [4.78, 5) is 11.7. The summed E-state index contributed by atoms with van der Waals surface area (Å²) in [5, 5.41) is 2.67. The first kappa shape index (κ1) is 19.1. The van der Waals surface area contributed by atoms with Crippen LogP contribution in [0.3, 0.4) is 0 Å². The van der Waals surface area contributed by atoms with Gasteiger partial charge in [-0.3, -0.25) is 4.79 Å². The molecule has 2 N–H and O–H groups in total. The Labute approximate surface area is 147 Å². The maximum absolute atomic E-state index is 13.2. The van der Waals surface area contributed by atoms with Crippen molar-refractivity contribution in [3.8, 4) is 0 Å². The molecule has 0 saturated heterocycles. The van der Waals surface area contributed by atoms with Crippen molar-refractivity contribution < 1.29 is 17.6 Å². The van der Waals surface area contributed by atoms with Gasteiger partial charge in [0.2, 0.25) is 15.9 Å². The van der Waals surface area contributed by atoms with Crippen molar-refractivity contribution in [3.63, 3.8) is 0 Å². The van der Waals surface area contributed by atoms with E-state index in [2.05, 4.69) is 10.0 Å². The lowest BCUT2D eigenvalue weighted by Crippen LogP contribution is -2.37. The maximum atomic E-state index is 13.2. The van der Waals surface area contributed by atoms with Crippen LogP contribution < -0.4 is 10.0 Å². The molecule has 5 nitrogen and oxygen atoms in total. The van der Waals surface area contributed by atoms with Gasteiger partial charge < -0.3 is 5.32 Å². The van der Waals surface area contributed by atoms with Crippen molar-refractivity contribution in [2.24, 2.45) is 0 Å². The molecule has 2 aromatic rings. The molecule has 7 heteroatoms. The van der Waals surface area contributed by atoms with Crippen molar-refractivity contribution in [2.75, 3.05) is 13.1 Å². The molecule has 2 rings (SSSR count). The summed E-state index contributed by atoms with van der Waals surface area (Å²) >= 11 is 0. The molecule has 0 radical (unpaired) electrons. The zero-order chi connectivity index (χ0) is 18.3. The Morgan fingerprint density at radius 1 is 1.12 bits per heavy atom. The first-order chi connectivity index (χ1) is 11.9. The predicted octanol–water partition coefficient (Wildman–Crippen LogP) is 2.16. The molecule has 1 amide bonds. The van der Waals surface area contributed by atoms with Gasteiger partial charge in [0.05, 0.1) is 11.4 Å². The second-order valence-corrected chi connectivity index (χ2v) is 7.44. The number of benzene rings is 2. The van der Waals surface area contributed by atoms with Gasteiger partial charge in [-0.05, 0) is 49.1 Å². The summed E-state index contributed by atoms with van der Waals surface area (Å²) < 4.78 is 39.6. The second-order valence-electron chi connectivity index (χ2n) is 5.67. The van der Waals surface area contributed by atoms with Crippen LogP contribution in [0.15, 0.2) is 53.4 Å². The number of rotatable bonds is 8. The zero-order valence-corrected chi connectivity index (χ0v) is 14.8. The van der Waals surface area contributed by atoms with Crippen molar-refractivity contribution in [3.05, 3.63) is 65.5 Å². The number of halogens is 1. The van der Waals surface area contributed by atoms with Crippen LogP contribution in [0.1, 0.15) is 17.5 Å². The molecule has 134 valence electrons. The van der Waals surface area contributed by atoms with Crippen LogP contribution in [0.5, 0.6) is 0 Å². The van der Waals surface area contributed by atoms with Gasteiger partial charge in [-0.15, -0.1) is 0 Å². The van der Waals surface area contributed by atoms with Gasteiger partial charge in [-0.1, -0.05) is 30.3 Å². The van der Waals surface area contributed by atoms with Gasteiger partial charge in [-0.25, -0.2) is 17.5 Å². The molecule has 0 spiro atoms. The fourth-order valence-corrected chi connectivity index (χ4v) is 3.32. The molecule has 25 heavy (non-hydrogen) atoms. The highest BCUT2D eigenvalue weighted by atomic mass is 32.2. The topological polar surface area (TPSA) is 75.3 Å². The van der Waals surface area contributed by atoms with Gasteiger partial charge in [0.1, 0.15) is 5.82 Å². The quantitative estimate of drug-likeness (QED) is 0.705. The zero-order valence-electron chi connectivity index (χ0n) is 14.0. The van der Waals surface area contributed by atoms with Crippen molar-refractivity contribution in [1.29, 1.82) is 0 Å². The second kappa shape index (κ2) is 8.73. The third-order valence-electron chi connectivity index (χ3n) is 3.67. The normalized spacial score (nSPS) is 11.3. The Bertz CT molecular complexity index is 823. The molecule has 0 heterocycles. The molecule has 0 aliphatic carbocycles. The first-order valence-corrected chi connectivity index (χ1v) is 9.43. The first-order valence-electron chi connectivity index (χ1n) is 7.95. The van der Waals surface area contributed by atoms with Crippen LogP contribution in [0, 0.1) is 12.7 Å². The monoisotopic (exact) mass is 364 g/mol. The third-order valence-corrected chi connectivity index (χ3v) is 5.07. The predicted molar refractivity (Wildman–Crippen MR) is 94.1 cm³/mol. The molecule has 0 unspecified atom stereocenters. The van der Waals surface area contributed by atoms with E-state index in [-0.39, 0.29) is 17.0 Å². The van der Waals surface area contributed by atoms with E-state index in [0.29, 0.717) is 6.54 Å². The van der Waals surface area contributed by atoms with Crippen LogP contribution in [0.4, 0.5) is 4.39 Å². The van der Waals surface area contributed by atoms with E-state index in [1.165, 1.54) is 24.6 Å². The third kappa shape index (κ3) is 5.95. The molecule has 0 atom stereocenters. The van der Waals surface area contributed by atoms with Crippen molar-refractivity contribution in [2.45, 2.75) is 24.7 Å². The number of amides is 1. The van der Waals surface area contributed by atoms with E-state index in [1.807, 2.05) is 30.3 Å². The molecule has 0 bridgehead atoms. The average molecular weight is 364 g/mol. The Hall–Kier alpha value is -2.25. The fraction of sp³-hybridized carbons (Fsp3) is 0.278. The largest absolute Gasteiger partial charge is 0.355 e. The van der Waals surface area contributed by atoms with Gasteiger partial charge in [0.15, 0.2) is 0 Å². The standard InChI is InChI=1S/C18H21FN2O3S/c1-14-12-16(9-10-17(14)19)25(23,24)21-13-18(22)20-11-5-8-15-6-3-2-4-7-15/h2-4,6-7,9-10,12,21H,5,8,11,13H2,1H3,(H,20,22). The minimum atomic E-state index is -3.85. The summed E-state index contributed by atoms with van der Waals surface area (Å²) in [6.07, 6.45) is 1.60. The number of hydrogen-bond acceptors (Lipinski definition) is 3. The summed E-state index contributed by atoms with van der Waals surface area (Å²) in [6, 6.07) is 13.4. The SMILES string of the molecule is Cc1cc(S(=O)(=O)NCC(=O)NCCCc2ccccc2)ccc1F. The Kier molecular flexibility index (Phi) is 6.66. The van der Waals surface area contributed by atoms with Crippen LogP contribution in [-0.2, 0) is 21.2 Å². The van der Waals surface area contributed by atoms with E-state index >= 15 is 0 Å². The smallest absolute Gasteiger partial charge is 0.241 e. The van der Waals surface area contributed by atoms with Crippen molar-refractivity contribution >= 4 is 15.9 Å². The number of carbonyl (C=O) groups excluding carboxylic acids is 1. The van der Waals surface area contributed by atoms with E-state index in [4.69, 9.17) is 0 Å². The minimum absolute atomic E-state index is 0.0664. The number of aryl methyl sites for hydroxylation is 2. The number of hydrogen-bond donors (Lipinski definition) is 2. The number of sulfonamides is 1. The van der Waals surface area contributed by atoms with Crippen LogP contribution in [-0.4, -0.2) is 27.4 Å². The van der Waals surface area contributed by atoms with E-state index < -0.39 is 21.7 Å². The molecule has 0 aliphatic heterocycles. The van der Waals surface area contributed by atoms with Gasteiger partial charge >= 0.3 is 0 Å². The molecule has 0 saturated carbocycles. The van der Waals surface area contributed by atoms with E-state index in [9.17, 15) is 17.6 Å². The number of nitrogens with one attached hydrogen (secondary N) is 2. The molecule has 0 aliphatic rings. The summed E-state index contributed by atoms with van der Waals surface area (Å²) in [7, 11) is -3.85. The summed E-state index contributed by atoms with van der Waals surface area (Å²) in [5.74, 6) is -0.884. The lowest BCUT2D eigenvalue weighted by molar-refractivity contribution is -0.119. The maximum Gasteiger partial charge on any atom is 0.241 e. The van der Waals surface area contributed by atoms with Crippen LogP contribution >= 0.6 is 0 Å². The highest BCUT2D eigenvalue weighted by Crippen LogP contribution is 2.13. The molecular formula is C18H21FN2O3S. The molecular weight excluding hydrogens is 343 g/mol. The van der Waals surface area contributed by atoms with Gasteiger partial charge in [0.25, 0.3) is 0 Å². The molecule has 0 aromatic heterocycles. The molecule has 2 aromatic carbocycles. The minimum Gasteiger partial charge on any atom is -0.355 e. The number of carbonyl (C=O) groups is 1. The highest BCUT2D eigenvalue weighted by Gasteiger charge is 2.16.